The second kappa shape index (κ2) is 14.8. The second-order valence-corrected chi connectivity index (χ2v) is 13.3. The van der Waals surface area contributed by atoms with Crippen molar-refractivity contribution in [3.05, 3.63) is 94.4 Å². The molecule has 6 rings (SSSR count). The number of rotatable bonds is 10. The fourth-order valence-electron chi connectivity index (χ4n) is 5.94. The molecule has 2 aromatic carbocycles. The van der Waals surface area contributed by atoms with Crippen LogP contribution in [0.4, 0.5) is 15.4 Å². The number of hydrogen-bond acceptors (Lipinski definition) is 10. The zero-order valence-corrected chi connectivity index (χ0v) is 27.2. The van der Waals surface area contributed by atoms with Gasteiger partial charge in [0.25, 0.3) is 11.5 Å². The van der Waals surface area contributed by atoms with Gasteiger partial charge < -0.3 is 15.0 Å². The van der Waals surface area contributed by atoms with E-state index < -0.39 is 28.2 Å². The predicted octanol–water partition coefficient (Wildman–Crippen LogP) is 1.59. The van der Waals surface area contributed by atoms with E-state index in [1.807, 2.05) is 24.3 Å². The van der Waals surface area contributed by atoms with Gasteiger partial charge in [-0.15, -0.1) is 0 Å². The number of amides is 4. The van der Waals surface area contributed by atoms with Crippen LogP contribution in [0.15, 0.2) is 72.0 Å². The summed E-state index contributed by atoms with van der Waals surface area (Å²) in [4.78, 5) is 64.9. The summed E-state index contributed by atoms with van der Waals surface area (Å²) in [5, 5.41) is 6.10. The molecule has 0 unspecified atom stereocenters. The fraction of sp³-hybridized carbons (Fsp3) is 0.344. The maximum Gasteiger partial charge on any atom is 0.421 e. The van der Waals surface area contributed by atoms with E-state index in [2.05, 4.69) is 30.3 Å². The Bertz CT molecular complexity index is 2010. The SMILES string of the molecule is O=C(NS(=O)(=O)NCC1CCN(C(=O)Nc2nccnc2C(=O)NC2Cc3ccccc3C2)CC1)OCCn1cnc2ccccc2c1=O. The van der Waals surface area contributed by atoms with E-state index in [0.717, 1.165) is 0 Å². The molecule has 0 radical (unpaired) electrons. The number of hydrogen-bond donors (Lipinski definition) is 4. The number of benzene rings is 2. The first-order chi connectivity index (χ1) is 23.6. The van der Waals surface area contributed by atoms with Crippen LogP contribution in [0.25, 0.3) is 10.9 Å². The summed E-state index contributed by atoms with van der Waals surface area (Å²) >= 11 is 0. The number of nitrogens with zero attached hydrogens (tertiary/aromatic N) is 5. The fourth-order valence-corrected chi connectivity index (χ4v) is 6.74. The largest absolute Gasteiger partial charge is 0.447 e. The van der Waals surface area contributed by atoms with Gasteiger partial charge in [0.15, 0.2) is 11.5 Å². The molecule has 4 N–H and O–H groups in total. The number of para-hydroxylation sites is 1. The Morgan fingerprint density at radius 2 is 1.61 bits per heavy atom. The monoisotopic (exact) mass is 689 g/mol. The van der Waals surface area contributed by atoms with Crippen molar-refractivity contribution in [2.75, 3.05) is 31.6 Å². The van der Waals surface area contributed by atoms with Gasteiger partial charge >= 0.3 is 22.3 Å². The molecule has 4 aromatic rings. The Balaban J connectivity index is 0.916. The molecule has 256 valence electrons. The van der Waals surface area contributed by atoms with Gasteiger partial charge in [-0.05, 0) is 54.9 Å². The van der Waals surface area contributed by atoms with Crippen LogP contribution in [-0.4, -0.2) is 83.2 Å². The first-order valence-corrected chi connectivity index (χ1v) is 17.3. The van der Waals surface area contributed by atoms with Gasteiger partial charge in [-0.3, -0.25) is 19.5 Å². The van der Waals surface area contributed by atoms with Crippen molar-refractivity contribution < 1.29 is 27.5 Å². The van der Waals surface area contributed by atoms with Crippen LogP contribution in [0, 0.1) is 5.92 Å². The summed E-state index contributed by atoms with van der Waals surface area (Å²) in [5.41, 5.74) is 2.63. The van der Waals surface area contributed by atoms with Crippen LogP contribution in [0.2, 0.25) is 0 Å². The summed E-state index contributed by atoms with van der Waals surface area (Å²) in [6, 6.07) is 14.3. The first-order valence-electron chi connectivity index (χ1n) is 15.8. The van der Waals surface area contributed by atoms with Crippen molar-refractivity contribution in [1.82, 2.24) is 39.2 Å². The van der Waals surface area contributed by atoms with Crippen LogP contribution < -0.4 is 25.6 Å². The number of ether oxygens (including phenoxy) is 1. The molecule has 0 spiro atoms. The Kier molecular flexibility index (Phi) is 10.1. The third kappa shape index (κ3) is 8.36. The molecule has 17 heteroatoms. The lowest BCUT2D eigenvalue weighted by molar-refractivity contribution is 0.0934. The highest BCUT2D eigenvalue weighted by Crippen LogP contribution is 2.23. The highest BCUT2D eigenvalue weighted by molar-refractivity contribution is 7.88. The highest BCUT2D eigenvalue weighted by atomic mass is 32.2. The molecule has 1 saturated heterocycles. The molecule has 49 heavy (non-hydrogen) atoms. The highest BCUT2D eigenvalue weighted by Gasteiger charge is 2.28. The topological polar surface area (TPSA) is 207 Å². The van der Waals surface area contributed by atoms with E-state index in [1.54, 1.807) is 33.9 Å². The lowest BCUT2D eigenvalue weighted by Gasteiger charge is -2.32. The molecule has 1 aliphatic heterocycles. The molecule has 0 atom stereocenters. The first kappa shape index (κ1) is 33.5. The number of fused-ring (bicyclic) bond motifs is 2. The quantitative estimate of drug-likeness (QED) is 0.189. The molecule has 3 heterocycles. The average molecular weight is 690 g/mol. The summed E-state index contributed by atoms with van der Waals surface area (Å²) in [7, 11) is -4.22. The van der Waals surface area contributed by atoms with E-state index in [4.69, 9.17) is 4.74 Å². The number of aromatic nitrogens is 4. The van der Waals surface area contributed by atoms with Crippen LogP contribution in [-0.2, 0) is 34.3 Å². The normalized spacial score (nSPS) is 15.1. The third-order valence-electron chi connectivity index (χ3n) is 8.50. The van der Waals surface area contributed by atoms with Gasteiger partial charge in [-0.2, -0.15) is 13.1 Å². The standard InChI is InChI=1S/C32H35N9O7S/c42-29(37-24-17-22-5-1-2-6-23(22)18-24)27-28(34-12-11-33-27)38-31(44)40-13-9-21(10-14-40)19-36-49(46,47)39-32(45)48-16-15-41-20-35-26-8-4-3-7-25(26)30(41)43/h1-8,11-12,20-21,24,36H,9-10,13-19H2,(H,37,42)(H,39,45)(H,34,38,44). The number of nitrogens with one attached hydrogen (secondary N) is 4. The van der Waals surface area contributed by atoms with Gasteiger partial charge in [0, 0.05) is 38.1 Å². The van der Waals surface area contributed by atoms with Crippen LogP contribution in [0.5, 0.6) is 0 Å². The lowest BCUT2D eigenvalue weighted by Crippen LogP contribution is -2.46. The predicted molar refractivity (Wildman–Crippen MR) is 178 cm³/mol. The van der Waals surface area contributed by atoms with Gasteiger partial charge in [0.1, 0.15) is 6.61 Å². The van der Waals surface area contributed by atoms with E-state index in [1.165, 1.54) is 34.4 Å². The number of anilines is 1. The zero-order valence-electron chi connectivity index (χ0n) is 26.4. The summed E-state index contributed by atoms with van der Waals surface area (Å²) < 4.78 is 35.3. The van der Waals surface area contributed by atoms with Crippen LogP contribution in [0.3, 0.4) is 0 Å². The molecular formula is C32H35N9O7S. The molecule has 2 aliphatic rings. The Labute approximate surface area is 281 Å². The number of likely N-dealkylation sites (tertiary alicyclic amines) is 1. The van der Waals surface area contributed by atoms with Crippen molar-refractivity contribution in [2.24, 2.45) is 5.92 Å². The van der Waals surface area contributed by atoms with Crippen molar-refractivity contribution in [2.45, 2.75) is 38.3 Å². The third-order valence-corrected chi connectivity index (χ3v) is 9.49. The minimum absolute atomic E-state index is 0.00914. The Morgan fingerprint density at radius 1 is 0.918 bits per heavy atom. The smallest absolute Gasteiger partial charge is 0.421 e. The van der Waals surface area contributed by atoms with E-state index in [0.29, 0.717) is 49.7 Å². The average Bonchev–Trinajstić information content (AvgIpc) is 3.51. The van der Waals surface area contributed by atoms with E-state index in [-0.39, 0.29) is 48.7 Å². The second-order valence-electron chi connectivity index (χ2n) is 11.8. The molecule has 0 saturated carbocycles. The summed E-state index contributed by atoms with van der Waals surface area (Å²) in [5.74, 6) is -0.478. The molecule has 1 fully saturated rings. The molecular weight excluding hydrogens is 654 g/mol. The lowest BCUT2D eigenvalue weighted by atomic mass is 9.97. The van der Waals surface area contributed by atoms with Crippen molar-refractivity contribution in [3.8, 4) is 0 Å². The minimum atomic E-state index is -4.22. The number of carbonyl (C=O) groups is 3. The Hall–Kier alpha value is -5.42. The van der Waals surface area contributed by atoms with Crippen LogP contribution in [0.1, 0.15) is 34.5 Å². The minimum Gasteiger partial charge on any atom is -0.447 e. The summed E-state index contributed by atoms with van der Waals surface area (Å²) in [6.07, 6.45) is 5.33. The number of urea groups is 1. The van der Waals surface area contributed by atoms with E-state index >= 15 is 0 Å². The maximum atomic E-state index is 13.1. The van der Waals surface area contributed by atoms with Gasteiger partial charge in [0.05, 0.1) is 23.8 Å². The molecule has 2 aromatic heterocycles. The van der Waals surface area contributed by atoms with Crippen molar-refractivity contribution in [1.29, 1.82) is 0 Å². The maximum absolute atomic E-state index is 13.1. The number of piperidine rings is 1. The van der Waals surface area contributed by atoms with Crippen LogP contribution >= 0.6 is 0 Å². The van der Waals surface area contributed by atoms with Gasteiger partial charge in [-0.1, -0.05) is 36.4 Å². The molecule has 1 aliphatic carbocycles. The number of carbonyl (C=O) groups excluding carboxylic acids is 3. The van der Waals surface area contributed by atoms with Crippen molar-refractivity contribution >= 4 is 45.0 Å². The summed E-state index contributed by atoms with van der Waals surface area (Å²) in [6.45, 7) is 0.440. The Morgan fingerprint density at radius 3 is 2.37 bits per heavy atom. The molecule has 0 bridgehead atoms. The molecule has 16 nitrogen and oxygen atoms in total. The zero-order chi connectivity index (χ0) is 34.4. The van der Waals surface area contributed by atoms with Gasteiger partial charge in [0.2, 0.25) is 0 Å². The van der Waals surface area contributed by atoms with Crippen molar-refractivity contribution in [3.63, 3.8) is 0 Å². The van der Waals surface area contributed by atoms with E-state index in [9.17, 15) is 27.6 Å². The molecule has 4 amide bonds. The van der Waals surface area contributed by atoms with Gasteiger partial charge in [-0.25, -0.2) is 29.3 Å².